The summed E-state index contributed by atoms with van der Waals surface area (Å²) in [6, 6.07) is 3.94. The third-order valence-corrected chi connectivity index (χ3v) is 4.43. The largest absolute Gasteiger partial charge is 0.469 e. The average molecular weight is 275 g/mol. The zero-order valence-corrected chi connectivity index (χ0v) is 12.3. The first-order chi connectivity index (χ1) is 9.86. The minimum absolute atomic E-state index is 0.852. The van der Waals surface area contributed by atoms with Crippen LogP contribution in [0.3, 0.4) is 0 Å². The molecule has 0 bridgehead atoms. The Bertz CT molecular complexity index is 421. The molecule has 20 heavy (non-hydrogen) atoms. The maximum Gasteiger partial charge on any atom is 0.191 e. The number of hydrogen-bond acceptors (Lipinski definition) is 2. The number of guanidine groups is 1. The van der Waals surface area contributed by atoms with E-state index in [-0.39, 0.29) is 0 Å². The lowest BCUT2D eigenvalue weighted by Gasteiger charge is -2.18. The molecule has 4 heteroatoms. The van der Waals surface area contributed by atoms with Gasteiger partial charge in [0.25, 0.3) is 0 Å². The number of nitrogens with zero attached hydrogens (tertiary/aromatic N) is 1. The van der Waals surface area contributed by atoms with Crippen LogP contribution in [-0.2, 0) is 6.42 Å². The second kappa shape index (κ2) is 6.33. The molecule has 1 aromatic rings. The van der Waals surface area contributed by atoms with Crippen LogP contribution in [0.2, 0.25) is 0 Å². The maximum atomic E-state index is 5.33. The smallest absolute Gasteiger partial charge is 0.191 e. The van der Waals surface area contributed by atoms with Crippen LogP contribution in [0.1, 0.15) is 31.4 Å². The fourth-order valence-corrected chi connectivity index (χ4v) is 2.96. The number of nitrogens with one attached hydrogen (secondary N) is 2. The molecular formula is C16H25N3O. The predicted octanol–water partition coefficient (Wildman–Crippen LogP) is 2.42. The summed E-state index contributed by atoms with van der Waals surface area (Å²) in [4.78, 5) is 4.30. The molecule has 0 atom stereocenters. The van der Waals surface area contributed by atoms with Crippen LogP contribution in [0.5, 0.6) is 0 Å². The molecule has 2 saturated carbocycles. The first-order valence-corrected chi connectivity index (χ1v) is 7.83. The first-order valence-electron chi connectivity index (χ1n) is 7.83. The van der Waals surface area contributed by atoms with Gasteiger partial charge in [-0.2, -0.15) is 0 Å². The van der Waals surface area contributed by atoms with E-state index in [4.69, 9.17) is 4.42 Å². The lowest BCUT2D eigenvalue weighted by molar-refractivity contribution is 0.400. The van der Waals surface area contributed by atoms with Crippen molar-refractivity contribution in [3.63, 3.8) is 0 Å². The Morgan fingerprint density at radius 3 is 2.60 bits per heavy atom. The number of furan rings is 1. The molecule has 2 fully saturated rings. The fourth-order valence-electron chi connectivity index (χ4n) is 2.96. The number of hydrogen-bond donors (Lipinski definition) is 2. The second-order valence-electron chi connectivity index (χ2n) is 6.05. The molecule has 0 spiro atoms. The van der Waals surface area contributed by atoms with Crippen molar-refractivity contribution < 1.29 is 4.42 Å². The molecule has 2 aliphatic carbocycles. The number of rotatable bonds is 7. The summed E-state index contributed by atoms with van der Waals surface area (Å²) in [5.41, 5.74) is 0. The normalized spacial score (nSPS) is 19.4. The van der Waals surface area contributed by atoms with Gasteiger partial charge in [0.2, 0.25) is 0 Å². The molecule has 2 N–H and O–H groups in total. The van der Waals surface area contributed by atoms with Gasteiger partial charge >= 0.3 is 0 Å². The molecule has 3 rings (SSSR count). The van der Waals surface area contributed by atoms with E-state index in [1.807, 2.05) is 19.2 Å². The molecular weight excluding hydrogens is 250 g/mol. The van der Waals surface area contributed by atoms with Crippen LogP contribution in [0.25, 0.3) is 0 Å². The van der Waals surface area contributed by atoms with Crippen molar-refractivity contribution in [2.24, 2.45) is 22.7 Å². The summed E-state index contributed by atoms with van der Waals surface area (Å²) in [5, 5.41) is 6.86. The van der Waals surface area contributed by atoms with E-state index in [0.29, 0.717) is 0 Å². The Hall–Kier alpha value is -1.45. The zero-order chi connectivity index (χ0) is 13.8. The Morgan fingerprint density at radius 2 is 2.05 bits per heavy atom. The highest BCUT2D eigenvalue weighted by molar-refractivity contribution is 5.79. The third kappa shape index (κ3) is 3.78. The van der Waals surface area contributed by atoms with E-state index in [1.54, 1.807) is 6.26 Å². The topological polar surface area (TPSA) is 49.6 Å². The highest BCUT2D eigenvalue weighted by atomic mass is 16.3. The van der Waals surface area contributed by atoms with Gasteiger partial charge in [0.05, 0.1) is 6.26 Å². The quantitative estimate of drug-likeness (QED) is 0.593. The highest BCUT2D eigenvalue weighted by Crippen LogP contribution is 2.48. The van der Waals surface area contributed by atoms with Gasteiger partial charge in [-0.15, -0.1) is 0 Å². The van der Waals surface area contributed by atoms with Crippen molar-refractivity contribution in [2.45, 2.75) is 32.1 Å². The second-order valence-corrected chi connectivity index (χ2v) is 6.05. The summed E-state index contributed by atoms with van der Waals surface area (Å²) in [6.07, 6.45) is 8.36. The maximum absolute atomic E-state index is 5.33. The molecule has 1 heterocycles. The Labute approximate surface area is 121 Å². The van der Waals surface area contributed by atoms with E-state index in [2.05, 4.69) is 15.6 Å². The average Bonchev–Trinajstić information content (AvgIpc) is 3.39. The summed E-state index contributed by atoms with van der Waals surface area (Å²) in [6.45, 7) is 1.93. The Balaban J connectivity index is 1.38. The van der Waals surface area contributed by atoms with Gasteiger partial charge in [-0.1, -0.05) is 0 Å². The molecule has 0 radical (unpaired) electrons. The van der Waals surface area contributed by atoms with Gasteiger partial charge in [0.15, 0.2) is 5.96 Å². The van der Waals surface area contributed by atoms with E-state index < -0.39 is 0 Å². The van der Waals surface area contributed by atoms with Crippen LogP contribution in [0, 0.1) is 17.8 Å². The van der Waals surface area contributed by atoms with Crippen LogP contribution in [0.4, 0.5) is 0 Å². The molecule has 0 unspecified atom stereocenters. The van der Waals surface area contributed by atoms with Gasteiger partial charge in [0, 0.05) is 26.6 Å². The van der Waals surface area contributed by atoms with Crippen molar-refractivity contribution in [3.05, 3.63) is 24.2 Å². The molecule has 0 aliphatic heterocycles. The molecule has 0 aromatic carbocycles. The zero-order valence-electron chi connectivity index (χ0n) is 12.3. The van der Waals surface area contributed by atoms with Crippen LogP contribution >= 0.6 is 0 Å². The van der Waals surface area contributed by atoms with E-state index >= 15 is 0 Å². The molecule has 110 valence electrons. The van der Waals surface area contributed by atoms with Crippen LogP contribution in [-0.4, -0.2) is 26.1 Å². The lowest BCUT2D eigenvalue weighted by Crippen LogP contribution is -2.41. The SMILES string of the molecule is CN=C(NCCc1ccco1)NCC(C1CC1)C1CC1. The molecule has 0 amide bonds. The Morgan fingerprint density at radius 1 is 1.30 bits per heavy atom. The van der Waals surface area contributed by atoms with Crippen molar-refractivity contribution in [1.29, 1.82) is 0 Å². The monoisotopic (exact) mass is 275 g/mol. The van der Waals surface area contributed by atoms with Crippen molar-refractivity contribution in [1.82, 2.24) is 10.6 Å². The van der Waals surface area contributed by atoms with Crippen molar-refractivity contribution in [2.75, 3.05) is 20.1 Å². The van der Waals surface area contributed by atoms with Gasteiger partial charge in [-0.3, -0.25) is 4.99 Å². The minimum Gasteiger partial charge on any atom is -0.469 e. The summed E-state index contributed by atoms with van der Waals surface area (Å²) in [7, 11) is 1.84. The van der Waals surface area contributed by atoms with Gasteiger partial charge < -0.3 is 15.1 Å². The van der Waals surface area contributed by atoms with E-state index in [9.17, 15) is 0 Å². The minimum atomic E-state index is 0.852. The highest BCUT2D eigenvalue weighted by Gasteiger charge is 2.41. The summed E-state index contributed by atoms with van der Waals surface area (Å²) < 4.78 is 5.33. The molecule has 4 nitrogen and oxygen atoms in total. The fraction of sp³-hybridized carbons (Fsp3) is 0.688. The standard InChI is InChI=1S/C16H25N3O/c1-17-16(18-9-8-14-3-2-10-20-14)19-11-15(12-4-5-12)13-6-7-13/h2-3,10,12-13,15H,4-9,11H2,1H3,(H2,17,18,19). The van der Waals surface area contributed by atoms with E-state index in [1.165, 1.54) is 25.7 Å². The lowest BCUT2D eigenvalue weighted by atomic mass is 9.98. The molecule has 1 aromatic heterocycles. The third-order valence-electron chi connectivity index (χ3n) is 4.43. The first kappa shape index (κ1) is 13.5. The van der Waals surface area contributed by atoms with Crippen LogP contribution in [0.15, 0.2) is 27.8 Å². The van der Waals surface area contributed by atoms with Crippen LogP contribution < -0.4 is 10.6 Å². The van der Waals surface area contributed by atoms with Gasteiger partial charge in [0.1, 0.15) is 5.76 Å². The van der Waals surface area contributed by atoms with Gasteiger partial charge in [-0.05, 0) is 55.6 Å². The molecule has 2 aliphatic rings. The van der Waals surface area contributed by atoms with Gasteiger partial charge in [-0.25, -0.2) is 0 Å². The number of aliphatic imine (C=N–C) groups is 1. The summed E-state index contributed by atoms with van der Waals surface area (Å²) >= 11 is 0. The summed E-state index contributed by atoms with van der Waals surface area (Å²) in [5.74, 6) is 4.77. The van der Waals surface area contributed by atoms with Crippen molar-refractivity contribution >= 4 is 5.96 Å². The predicted molar refractivity (Wildman–Crippen MR) is 80.7 cm³/mol. The Kier molecular flexibility index (Phi) is 4.28. The van der Waals surface area contributed by atoms with Crippen molar-refractivity contribution in [3.8, 4) is 0 Å². The molecule has 0 saturated heterocycles. The van der Waals surface area contributed by atoms with E-state index in [0.717, 1.165) is 49.0 Å².